The van der Waals surface area contributed by atoms with Gasteiger partial charge in [-0.05, 0) is 32.1 Å². The van der Waals surface area contributed by atoms with Gasteiger partial charge in [0, 0.05) is 13.2 Å². The molecule has 1 aliphatic rings. The maximum absolute atomic E-state index is 8.87. The van der Waals surface area contributed by atoms with E-state index in [2.05, 4.69) is 6.92 Å². The average Bonchev–Trinajstić information content (AvgIpc) is 2.20. The van der Waals surface area contributed by atoms with Crippen LogP contribution in [0, 0.1) is 0 Å². The van der Waals surface area contributed by atoms with Crippen LogP contribution in [0.2, 0.25) is 0 Å². The molecule has 0 aliphatic carbocycles. The number of aliphatic hydroxyl groups excluding tert-OH is 1. The van der Waals surface area contributed by atoms with Crippen LogP contribution in [-0.2, 0) is 9.47 Å². The molecule has 1 heterocycles. The van der Waals surface area contributed by atoms with E-state index in [1.165, 1.54) is 6.42 Å². The molecule has 1 aliphatic heterocycles. The van der Waals surface area contributed by atoms with Crippen molar-refractivity contribution in [3.05, 3.63) is 0 Å². The molecule has 0 amide bonds. The van der Waals surface area contributed by atoms with E-state index in [1.807, 2.05) is 0 Å². The van der Waals surface area contributed by atoms with Crippen molar-refractivity contribution in [3.8, 4) is 0 Å². The third-order valence-corrected chi connectivity index (χ3v) is 2.54. The van der Waals surface area contributed by atoms with E-state index in [-0.39, 0.29) is 19.0 Å². The first-order chi connectivity index (χ1) is 6.86. The Morgan fingerprint density at radius 1 is 1.43 bits per heavy atom. The van der Waals surface area contributed by atoms with Gasteiger partial charge in [-0.3, -0.25) is 0 Å². The van der Waals surface area contributed by atoms with E-state index in [0.29, 0.717) is 0 Å². The molecule has 3 nitrogen and oxygen atoms in total. The lowest BCUT2D eigenvalue weighted by molar-refractivity contribution is -0.191. The minimum atomic E-state index is -0.0214. The predicted molar refractivity (Wildman–Crippen MR) is 55.1 cm³/mol. The summed E-state index contributed by atoms with van der Waals surface area (Å²) in [6, 6.07) is 0. The maximum Gasteiger partial charge on any atom is 0.157 e. The summed E-state index contributed by atoms with van der Waals surface area (Å²) in [7, 11) is 0. The SMILES string of the molecule is CCC[C@@H](CCO)OC1CCCCO1. The Morgan fingerprint density at radius 2 is 2.29 bits per heavy atom. The number of rotatable bonds is 6. The van der Waals surface area contributed by atoms with Gasteiger partial charge in [0.25, 0.3) is 0 Å². The van der Waals surface area contributed by atoms with Crippen molar-refractivity contribution < 1.29 is 14.6 Å². The van der Waals surface area contributed by atoms with Gasteiger partial charge in [-0.15, -0.1) is 0 Å². The van der Waals surface area contributed by atoms with E-state index in [9.17, 15) is 0 Å². The fourth-order valence-corrected chi connectivity index (χ4v) is 1.78. The summed E-state index contributed by atoms with van der Waals surface area (Å²) in [5.41, 5.74) is 0. The molecule has 1 saturated heterocycles. The third kappa shape index (κ3) is 4.40. The van der Waals surface area contributed by atoms with Crippen LogP contribution in [0.1, 0.15) is 45.4 Å². The van der Waals surface area contributed by atoms with Gasteiger partial charge in [0.05, 0.1) is 6.10 Å². The van der Waals surface area contributed by atoms with Crippen molar-refractivity contribution in [3.63, 3.8) is 0 Å². The molecule has 0 aromatic carbocycles. The topological polar surface area (TPSA) is 38.7 Å². The normalized spacial score (nSPS) is 24.9. The lowest BCUT2D eigenvalue weighted by Gasteiger charge is -2.27. The molecule has 0 spiro atoms. The molecule has 3 heteroatoms. The Labute approximate surface area is 86.4 Å². The van der Waals surface area contributed by atoms with Crippen molar-refractivity contribution in [2.75, 3.05) is 13.2 Å². The average molecular weight is 202 g/mol. The summed E-state index contributed by atoms with van der Waals surface area (Å²) in [6.45, 7) is 3.16. The number of hydrogen-bond acceptors (Lipinski definition) is 3. The highest BCUT2D eigenvalue weighted by molar-refractivity contribution is 4.61. The monoisotopic (exact) mass is 202 g/mol. The van der Waals surface area contributed by atoms with Crippen molar-refractivity contribution in [1.82, 2.24) is 0 Å². The molecule has 2 atom stereocenters. The quantitative estimate of drug-likeness (QED) is 0.716. The van der Waals surface area contributed by atoms with Gasteiger partial charge in [0.15, 0.2) is 6.29 Å². The summed E-state index contributed by atoms with van der Waals surface area (Å²) >= 11 is 0. The molecule has 0 radical (unpaired) electrons. The first-order valence-electron chi connectivity index (χ1n) is 5.74. The molecule has 0 saturated carbocycles. The zero-order chi connectivity index (χ0) is 10.2. The first kappa shape index (κ1) is 12.0. The fourth-order valence-electron chi connectivity index (χ4n) is 1.78. The van der Waals surface area contributed by atoms with Gasteiger partial charge in [0.1, 0.15) is 0 Å². The molecule has 14 heavy (non-hydrogen) atoms. The van der Waals surface area contributed by atoms with Crippen LogP contribution in [0.3, 0.4) is 0 Å². The van der Waals surface area contributed by atoms with Crippen LogP contribution in [0.5, 0.6) is 0 Å². The van der Waals surface area contributed by atoms with Crippen LogP contribution in [0.25, 0.3) is 0 Å². The Morgan fingerprint density at radius 3 is 2.86 bits per heavy atom. The highest BCUT2D eigenvalue weighted by atomic mass is 16.7. The van der Waals surface area contributed by atoms with Gasteiger partial charge < -0.3 is 14.6 Å². The smallest absolute Gasteiger partial charge is 0.157 e. The second kappa shape index (κ2) is 7.21. The van der Waals surface area contributed by atoms with E-state index < -0.39 is 0 Å². The summed E-state index contributed by atoms with van der Waals surface area (Å²) in [5, 5.41) is 8.87. The molecule has 84 valence electrons. The number of hydrogen-bond donors (Lipinski definition) is 1. The van der Waals surface area contributed by atoms with Crippen LogP contribution < -0.4 is 0 Å². The van der Waals surface area contributed by atoms with Crippen molar-refractivity contribution in [1.29, 1.82) is 0 Å². The van der Waals surface area contributed by atoms with E-state index >= 15 is 0 Å². The molecule has 1 rings (SSSR count). The minimum absolute atomic E-state index is 0.0214. The molecular weight excluding hydrogens is 180 g/mol. The van der Waals surface area contributed by atoms with Gasteiger partial charge >= 0.3 is 0 Å². The molecule has 1 unspecified atom stereocenters. The highest BCUT2D eigenvalue weighted by Gasteiger charge is 2.18. The standard InChI is InChI=1S/C11H22O3/c1-2-5-10(7-8-12)14-11-6-3-4-9-13-11/h10-12H,2-9H2,1H3/t10-,11?/m0/s1. The third-order valence-electron chi connectivity index (χ3n) is 2.54. The van der Waals surface area contributed by atoms with Crippen LogP contribution in [0.4, 0.5) is 0 Å². The van der Waals surface area contributed by atoms with Crippen molar-refractivity contribution in [2.24, 2.45) is 0 Å². The maximum atomic E-state index is 8.87. The molecule has 1 N–H and O–H groups in total. The van der Waals surface area contributed by atoms with E-state index in [1.54, 1.807) is 0 Å². The van der Waals surface area contributed by atoms with Gasteiger partial charge in [-0.25, -0.2) is 0 Å². The molecule has 0 aromatic rings. The first-order valence-corrected chi connectivity index (χ1v) is 5.74. The second-order valence-corrected chi connectivity index (χ2v) is 3.86. The zero-order valence-electron chi connectivity index (χ0n) is 9.08. The van der Waals surface area contributed by atoms with Gasteiger partial charge in [0.2, 0.25) is 0 Å². The van der Waals surface area contributed by atoms with Crippen LogP contribution >= 0.6 is 0 Å². The minimum Gasteiger partial charge on any atom is -0.396 e. The van der Waals surface area contributed by atoms with Crippen LogP contribution in [0.15, 0.2) is 0 Å². The highest BCUT2D eigenvalue weighted by Crippen LogP contribution is 2.18. The molecular formula is C11H22O3. The molecule has 0 aromatic heterocycles. The van der Waals surface area contributed by atoms with E-state index in [4.69, 9.17) is 14.6 Å². The zero-order valence-corrected chi connectivity index (χ0v) is 9.08. The Hall–Kier alpha value is -0.120. The Kier molecular flexibility index (Phi) is 6.15. The predicted octanol–water partition coefficient (Wildman–Crippen LogP) is 2.08. The summed E-state index contributed by atoms with van der Waals surface area (Å²) in [6.07, 6.45) is 6.35. The Balaban J connectivity index is 2.21. The fraction of sp³-hybridized carbons (Fsp3) is 1.00. The van der Waals surface area contributed by atoms with Crippen molar-refractivity contribution in [2.45, 2.75) is 57.8 Å². The largest absolute Gasteiger partial charge is 0.396 e. The lowest BCUT2D eigenvalue weighted by Crippen LogP contribution is -2.28. The molecule has 1 fully saturated rings. The van der Waals surface area contributed by atoms with Crippen LogP contribution in [-0.4, -0.2) is 30.7 Å². The summed E-state index contributed by atoms with van der Waals surface area (Å²) in [4.78, 5) is 0. The number of ether oxygens (including phenoxy) is 2. The summed E-state index contributed by atoms with van der Waals surface area (Å²) in [5.74, 6) is 0. The van der Waals surface area contributed by atoms with Gasteiger partial charge in [-0.2, -0.15) is 0 Å². The van der Waals surface area contributed by atoms with Gasteiger partial charge in [-0.1, -0.05) is 13.3 Å². The summed E-state index contributed by atoms with van der Waals surface area (Å²) < 4.78 is 11.3. The number of aliphatic hydroxyl groups is 1. The van der Waals surface area contributed by atoms with E-state index in [0.717, 1.165) is 38.7 Å². The molecule has 0 bridgehead atoms. The lowest BCUT2D eigenvalue weighted by atomic mass is 10.1. The second-order valence-electron chi connectivity index (χ2n) is 3.86. The Bertz CT molecular complexity index is 126. The van der Waals surface area contributed by atoms with Crippen molar-refractivity contribution >= 4 is 0 Å².